The third-order valence-corrected chi connectivity index (χ3v) is 5.05. The summed E-state index contributed by atoms with van der Waals surface area (Å²) < 4.78 is 7.36. The number of carbonyl (C=O) groups is 1. The van der Waals surface area contributed by atoms with Gasteiger partial charge in [-0.25, -0.2) is 0 Å². The molecule has 5 nitrogen and oxygen atoms in total. The maximum absolute atomic E-state index is 13.2. The molecule has 0 saturated carbocycles. The van der Waals surface area contributed by atoms with E-state index < -0.39 is 0 Å². The molecule has 28 heavy (non-hydrogen) atoms. The average Bonchev–Trinajstić information content (AvgIpc) is 3.01. The first-order valence-electron chi connectivity index (χ1n) is 9.52. The van der Waals surface area contributed by atoms with Gasteiger partial charge in [0.2, 0.25) is 0 Å². The van der Waals surface area contributed by atoms with Crippen LogP contribution in [0.3, 0.4) is 0 Å². The minimum absolute atomic E-state index is 0.0543. The molecule has 1 amide bonds. The fraction of sp³-hybridized carbons (Fsp3) is 0.304. The Bertz CT molecular complexity index is 930. The summed E-state index contributed by atoms with van der Waals surface area (Å²) in [4.78, 5) is 19.5. The molecule has 2 heterocycles. The quantitative estimate of drug-likeness (QED) is 0.619. The molecule has 0 fully saturated rings. The highest BCUT2D eigenvalue weighted by Gasteiger charge is 2.21. The lowest BCUT2D eigenvalue weighted by molar-refractivity contribution is 0.0751. The molecule has 0 unspecified atom stereocenters. The number of carbonyl (C=O) groups excluding carboxylic acids is 1. The van der Waals surface area contributed by atoms with Crippen molar-refractivity contribution in [2.24, 2.45) is 0 Å². The molecule has 0 aliphatic heterocycles. The first-order chi connectivity index (χ1) is 13.5. The van der Waals surface area contributed by atoms with Gasteiger partial charge in [-0.3, -0.25) is 9.78 Å². The molecule has 0 radical (unpaired) electrons. The van der Waals surface area contributed by atoms with Gasteiger partial charge in [-0.2, -0.15) is 0 Å². The van der Waals surface area contributed by atoms with Gasteiger partial charge in [-0.15, -0.1) is 0 Å². The van der Waals surface area contributed by atoms with Crippen LogP contribution in [-0.2, 0) is 13.1 Å². The Kier molecular flexibility index (Phi) is 6.14. The second-order valence-electron chi connectivity index (χ2n) is 6.86. The Morgan fingerprint density at radius 1 is 1.14 bits per heavy atom. The highest BCUT2D eigenvalue weighted by molar-refractivity contribution is 5.95. The van der Waals surface area contributed by atoms with Crippen molar-refractivity contribution < 1.29 is 9.53 Å². The number of benzene rings is 1. The molecule has 0 N–H and O–H groups in total. The number of nitrogens with zero attached hydrogens (tertiary/aromatic N) is 3. The van der Waals surface area contributed by atoms with E-state index in [1.54, 1.807) is 13.3 Å². The van der Waals surface area contributed by atoms with Gasteiger partial charge in [0.05, 0.1) is 24.9 Å². The van der Waals surface area contributed by atoms with E-state index in [1.165, 1.54) is 0 Å². The number of aromatic nitrogens is 2. The molecule has 2 aromatic heterocycles. The van der Waals surface area contributed by atoms with Crippen LogP contribution < -0.4 is 4.74 Å². The zero-order valence-electron chi connectivity index (χ0n) is 17.0. The van der Waals surface area contributed by atoms with Gasteiger partial charge in [-0.05, 0) is 56.7 Å². The predicted molar refractivity (Wildman–Crippen MR) is 111 cm³/mol. The van der Waals surface area contributed by atoms with Gasteiger partial charge in [0.25, 0.3) is 5.91 Å². The minimum Gasteiger partial charge on any atom is -0.497 e. The van der Waals surface area contributed by atoms with Crippen LogP contribution in [0.2, 0.25) is 0 Å². The van der Waals surface area contributed by atoms with E-state index in [9.17, 15) is 4.79 Å². The monoisotopic (exact) mass is 377 g/mol. The van der Waals surface area contributed by atoms with Crippen LogP contribution in [-0.4, -0.2) is 34.0 Å². The molecule has 0 aliphatic carbocycles. The van der Waals surface area contributed by atoms with Gasteiger partial charge in [0.1, 0.15) is 5.75 Å². The molecule has 0 bridgehead atoms. The van der Waals surface area contributed by atoms with Crippen molar-refractivity contribution in [2.75, 3.05) is 13.7 Å². The Labute approximate surface area is 166 Å². The fourth-order valence-corrected chi connectivity index (χ4v) is 3.36. The zero-order chi connectivity index (χ0) is 20.1. The summed E-state index contributed by atoms with van der Waals surface area (Å²) in [5.74, 6) is 0.870. The molecule has 0 atom stereocenters. The Balaban J connectivity index is 1.80. The Morgan fingerprint density at radius 2 is 1.89 bits per heavy atom. The topological polar surface area (TPSA) is 47.4 Å². The van der Waals surface area contributed by atoms with Crippen molar-refractivity contribution in [3.63, 3.8) is 0 Å². The number of methoxy groups -OCH3 is 1. The lowest BCUT2D eigenvalue weighted by Crippen LogP contribution is -2.30. The van der Waals surface area contributed by atoms with E-state index in [0.29, 0.717) is 19.6 Å². The number of rotatable bonds is 7. The minimum atomic E-state index is 0.0543. The molecule has 0 aliphatic rings. The molecule has 0 spiro atoms. The van der Waals surface area contributed by atoms with Crippen molar-refractivity contribution in [2.45, 2.75) is 33.9 Å². The second kappa shape index (κ2) is 8.74. The Morgan fingerprint density at radius 3 is 2.50 bits per heavy atom. The third-order valence-electron chi connectivity index (χ3n) is 5.05. The van der Waals surface area contributed by atoms with E-state index in [0.717, 1.165) is 34.0 Å². The van der Waals surface area contributed by atoms with E-state index in [2.05, 4.69) is 9.55 Å². The van der Waals surface area contributed by atoms with Crippen molar-refractivity contribution in [3.05, 3.63) is 82.9 Å². The summed E-state index contributed by atoms with van der Waals surface area (Å²) in [6, 6.07) is 15.7. The standard InChI is InChI=1S/C23H27N3O2/c1-5-25(15-19-9-11-21(28-4)12-10-19)23(27)22-14-17(2)26(18(22)3)16-20-8-6-7-13-24-20/h6-14H,5,15-16H2,1-4H3. The van der Waals surface area contributed by atoms with Gasteiger partial charge in [-0.1, -0.05) is 18.2 Å². The van der Waals surface area contributed by atoms with Crippen LogP contribution in [0.25, 0.3) is 0 Å². The van der Waals surface area contributed by atoms with Crippen molar-refractivity contribution in [1.82, 2.24) is 14.5 Å². The summed E-state index contributed by atoms with van der Waals surface area (Å²) >= 11 is 0. The largest absolute Gasteiger partial charge is 0.497 e. The van der Waals surface area contributed by atoms with Crippen LogP contribution in [0, 0.1) is 13.8 Å². The molecule has 5 heteroatoms. The predicted octanol–water partition coefficient (Wildman–Crippen LogP) is 4.22. The second-order valence-corrected chi connectivity index (χ2v) is 6.86. The number of hydrogen-bond acceptors (Lipinski definition) is 3. The van der Waals surface area contributed by atoms with E-state index in [-0.39, 0.29) is 5.91 Å². The van der Waals surface area contributed by atoms with E-state index >= 15 is 0 Å². The van der Waals surface area contributed by atoms with Crippen LogP contribution in [0.1, 0.15) is 39.9 Å². The summed E-state index contributed by atoms with van der Waals surface area (Å²) in [6.45, 7) is 7.93. The van der Waals surface area contributed by atoms with Crippen LogP contribution >= 0.6 is 0 Å². The molecular formula is C23H27N3O2. The summed E-state index contributed by atoms with van der Waals surface area (Å²) in [5.41, 5.74) is 4.85. The number of pyridine rings is 1. The molecule has 146 valence electrons. The van der Waals surface area contributed by atoms with E-state index in [1.807, 2.05) is 74.2 Å². The molecule has 1 aromatic carbocycles. The van der Waals surface area contributed by atoms with Gasteiger partial charge < -0.3 is 14.2 Å². The van der Waals surface area contributed by atoms with Crippen LogP contribution in [0.15, 0.2) is 54.7 Å². The van der Waals surface area contributed by atoms with Gasteiger partial charge in [0.15, 0.2) is 0 Å². The summed E-state index contributed by atoms with van der Waals surface area (Å²) in [5, 5.41) is 0. The first kappa shape index (κ1) is 19.7. The fourth-order valence-electron chi connectivity index (χ4n) is 3.36. The first-order valence-corrected chi connectivity index (χ1v) is 9.52. The van der Waals surface area contributed by atoms with Crippen molar-refractivity contribution >= 4 is 5.91 Å². The SMILES string of the molecule is CCN(Cc1ccc(OC)cc1)C(=O)c1cc(C)n(Cc2ccccn2)c1C. The highest BCUT2D eigenvalue weighted by atomic mass is 16.5. The van der Waals surface area contributed by atoms with Crippen LogP contribution in [0.5, 0.6) is 5.75 Å². The smallest absolute Gasteiger partial charge is 0.255 e. The lowest BCUT2D eigenvalue weighted by Gasteiger charge is -2.21. The number of amides is 1. The van der Waals surface area contributed by atoms with Crippen molar-refractivity contribution in [3.8, 4) is 5.75 Å². The third kappa shape index (κ3) is 4.25. The van der Waals surface area contributed by atoms with Crippen LogP contribution in [0.4, 0.5) is 0 Å². The lowest BCUT2D eigenvalue weighted by atomic mass is 10.1. The summed E-state index contributed by atoms with van der Waals surface area (Å²) in [7, 11) is 1.65. The highest BCUT2D eigenvalue weighted by Crippen LogP contribution is 2.20. The maximum atomic E-state index is 13.2. The number of ether oxygens (including phenoxy) is 1. The Hall–Kier alpha value is -3.08. The molecule has 3 rings (SSSR count). The average molecular weight is 377 g/mol. The van der Waals surface area contributed by atoms with Crippen molar-refractivity contribution in [1.29, 1.82) is 0 Å². The molecular weight excluding hydrogens is 350 g/mol. The normalized spacial score (nSPS) is 10.7. The molecule has 0 saturated heterocycles. The molecule has 3 aromatic rings. The summed E-state index contributed by atoms with van der Waals surface area (Å²) in [6.07, 6.45) is 1.79. The van der Waals surface area contributed by atoms with Gasteiger partial charge in [0, 0.05) is 30.7 Å². The maximum Gasteiger partial charge on any atom is 0.255 e. The van der Waals surface area contributed by atoms with E-state index in [4.69, 9.17) is 4.74 Å². The number of hydrogen-bond donors (Lipinski definition) is 0. The number of aryl methyl sites for hydroxylation is 1. The van der Waals surface area contributed by atoms with Gasteiger partial charge >= 0.3 is 0 Å². The zero-order valence-corrected chi connectivity index (χ0v) is 17.0.